The van der Waals surface area contributed by atoms with Gasteiger partial charge in [-0.1, -0.05) is 68.2 Å². The van der Waals surface area contributed by atoms with Gasteiger partial charge < -0.3 is 20.4 Å². The number of aliphatic hydroxyl groups is 4. The van der Waals surface area contributed by atoms with Crippen LogP contribution in [-0.2, 0) is 0 Å². The molecule has 0 spiro atoms. The molecule has 360 valence electrons. The Labute approximate surface area is 384 Å². The van der Waals surface area contributed by atoms with Crippen LogP contribution in [0.25, 0.3) is 0 Å². The van der Waals surface area contributed by atoms with Gasteiger partial charge >= 0.3 is 0 Å². The summed E-state index contributed by atoms with van der Waals surface area (Å²) in [6.07, 6.45) is 31.7. The maximum Gasteiger partial charge on any atom is 0.0622 e. The molecule has 0 heterocycles. The van der Waals surface area contributed by atoms with Gasteiger partial charge in [0.1, 0.15) is 0 Å². The molecule has 4 nitrogen and oxygen atoms in total. The quantitative estimate of drug-likeness (QED) is 0.158. The van der Waals surface area contributed by atoms with Crippen molar-refractivity contribution in [3.8, 4) is 0 Å². The summed E-state index contributed by atoms with van der Waals surface area (Å²) in [4.78, 5) is 0. The summed E-state index contributed by atoms with van der Waals surface area (Å²) in [5.74, 6) is 10.1. The number of hydrogen-bond donors (Lipinski definition) is 4. The van der Waals surface area contributed by atoms with E-state index in [1.807, 2.05) is 13.8 Å². The van der Waals surface area contributed by atoms with E-state index in [4.69, 9.17) is 0 Å². The summed E-state index contributed by atoms with van der Waals surface area (Å²) < 4.78 is 0. The summed E-state index contributed by atoms with van der Waals surface area (Å²) in [7, 11) is 0. The van der Waals surface area contributed by atoms with Crippen molar-refractivity contribution in [1.82, 2.24) is 0 Å². The van der Waals surface area contributed by atoms with E-state index in [0.717, 1.165) is 135 Å². The lowest BCUT2D eigenvalue weighted by Gasteiger charge is -2.62. The van der Waals surface area contributed by atoms with Crippen molar-refractivity contribution in [3.05, 3.63) is 0 Å². The summed E-state index contributed by atoms with van der Waals surface area (Å²) in [6.45, 7) is 28.1. The normalized spacial score (nSPS) is 50.1. The molecule has 0 amide bonds. The van der Waals surface area contributed by atoms with E-state index >= 15 is 0 Å². The van der Waals surface area contributed by atoms with Crippen LogP contribution in [0.4, 0.5) is 0 Å². The smallest absolute Gasteiger partial charge is 0.0622 e. The van der Waals surface area contributed by atoms with Gasteiger partial charge in [0.15, 0.2) is 0 Å². The largest absolute Gasteiger partial charge is 0.390 e. The molecular formula is C58H104O4. The number of fused-ring (bicyclic) bond motifs is 10. The molecule has 20 atom stereocenters. The van der Waals surface area contributed by atoms with Crippen LogP contribution in [0.2, 0.25) is 0 Å². The van der Waals surface area contributed by atoms with Gasteiger partial charge in [-0.15, -0.1) is 0 Å². The van der Waals surface area contributed by atoms with Gasteiger partial charge in [-0.2, -0.15) is 0 Å². The van der Waals surface area contributed by atoms with Crippen molar-refractivity contribution in [1.29, 1.82) is 0 Å². The molecule has 4 N–H and O–H groups in total. The van der Waals surface area contributed by atoms with Crippen LogP contribution >= 0.6 is 0 Å². The molecule has 8 aliphatic rings. The minimum Gasteiger partial charge on any atom is -0.390 e. The van der Waals surface area contributed by atoms with Crippen LogP contribution in [0.5, 0.6) is 0 Å². The topological polar surface area (TPSA) is 80.9 Å². The monoisotopic (exact) mass is 865 g/mol. The summed E-state index contributed by atoms with van der Waals surface area (Å²) >= 11 is 0. The molecule has 0 saturated heterocycles. The Morgan fingerprint density at radius 2 is 0.806 bits per heavy atom. The summed E-state index contributed by atoms with van der Waals surface area (Å²) in [5.41, 5.74) is 0.162. The summed E-state index contributed by atoms with van der Waals surface area (Å²) in [5, 5.41) is 42.9. The third-order valence-electron chi connectivity index (χ3n) is 23.3. The minimum atomic E-state index is -0.477. The first-order chi connectivity index (χ1) is 28.8. The lowest BCUT2D eigenvalue weighted by atomic mass is 9.43. The first-order valence-electron chi connectivity index (χ1n) is 27.7. The van der Waals surface area contributed by atoms with Gasteiger partial charge in [-0.25, -0.2) is 0 Å². The molecule has 0 aromatic heterocycles. The highest BCUT2D eigenvalue weighted by atomic mass is 16.3. The zero-order valence-electron chi connectivity index (χ0n) is 43.1. The first-order valence-corrected chi connectivity index (χ1v) is 27.7. The van der Waals surface area contributed by atoms with Crippen LogP contribution in [0.3, 0.4) is 0 Å². The minimum absolute atomic E-state index is 0.424. The average molecular weight is 865 g/mol. The van der Waals surface area contributed by atoms with E-state index in [1.165, 1.54) is 103 Å². The fourth-order valence-electron chi connectivity index (χ4n) is 19.6. The maximum absolute atomic E-state index is 10.7. The fourth-order valence-corrected chi connectivity index (χ4v) is 19.6. The zero-order valence-corrected chi connectivity index (χ0v) is 43.1. The highest BCUT2D eigenvalue weighted by Gasteiger charge is 2.63. The standard InChI is InChI=1S/2C29H52O2/c2*1-7-14-26(3,30)15-12-20(2)23-10-11-24-22-9-8-21-19-27(4,31)17-18-28(21,5)25(22)13-16-29(23,24)6/h2*20-25,30-31H,7-19H2,1-6H3/t20-,21+,22+,23-,24+,25+,26-,27+,28+,29-;20-,21-,22+,23-,24+,25+,26-,27+,28+,29-/m11/s1. The van der Waals surface area contributed by atoms with Gasteiger partial charge in [0.25, 0.3) is 0 Å². The lowest BCUT2D eigenvalue weighted by Crippen LogP contribution is -2.55. The van der Waals surface area contributed by atoms with E-state index in [9.17, 15) is 20.4 Å². The molecule has 0 aromatic carbocycles. The van der Waals surface area contributed by atoms with Crippen molar-refractivity contribution >= 4 is 0 Å². The van der Waals surface area contributed by atoms with Crippen LogP contribution in [-0.4, -0.2) is 42.8 Å². The Kier molecular flexibility index (Phi) is 14.5. The molecular weight excluding hydrogens is 761 g/mol. The molecule has 4 heteroatoms. The molecule has 0 unspecified atom stereocenters. The van der Waals surface area contributed by atoms with Gasteiger partial charge in [0.05, 0.1) is 22.4 Å². The molecule has 8 aliphatic carbocycles. The SMILES string of the molecule is CCC[C@@](C)(O)CC[C@@H](C)[C@H]1CC[C@H]2[C@@H]3CC[C@@H]4C[C@@](C)(O)CC[C@]4(C)[C@H]3CC[C@]12C.CCC[C@@](C)(O)CC[C@@H](C)[C@H]1CC[C@H]2[C@@H]3CC[C@H]4C[C@@](C)(O)CC[C@]4(C)[C@H]3CC[C@]12C. The highest BCUT2D eigenvalue weighted by molar-refractivity contribution is 5.12. The van der Waals surface area contributed by atoms with Crippen molar-refractivity contribution < 1.29 is 20.4 Å². The Bertz CT molecular complexity index is 1390. The van der Waals surface area contributed by atoms with Gasteiger partial charge in [-0.05, 0) is 274 Å². The summed E-state index contributed by atoms with van der Waals surface area (Å²) in [6, 6.07) is 0. The molecule has 8 rings (SSSR count). The Balaban J connectivity index is 0.000000186. The highest BCUT2D eigenvalue weighted by Crippen LogP contribution is 2.71. The zero-order chi connectivity index (χ0) is 45.3. The molecule has 0 bridgehead atoms. The van der Waals surface area contributed by atoms with E-state index in [0.29, 0.717) is 21.7 Å². The van der Waals surface area contributed by atoms with Crippen molar-refractivity contribution in [2.45, 2.75) is 272 Å². The van der Waals surface area contributed by atoms with Gasteiger partial charge in [0, 0.05) is 0 Å². The Morgan fingerprint density at radius 3 is 1.16 bits per heavy atom. The third kappa shape index (κ3) is 9.48. The fraction of sp³-hybridized carbons (Fsp3) is 1.00. The second-order valence-electron chi connectivity index (χ2n) is 27.7. The molecule has 8 fully saturated rings. The van der Waals surface area contributed by atoms with Crippen molar-refractivity contribution in [3.63, 3.8) is 0 Å². The van der Waals surface area contributed by atoms with E-state index in [1.54, 1.807) is 0 Å². The molecule has 0 radical (unpaired) electrons. The number of hydrogen-bond acceptors (Lipinski definition) is 4. The predicted molar refractivity (Wildman–Crippen MR) is 260 cm³/mol. The van der Waals surface area contributed by atoms with Crippen LogP contribution in [0.15, 0.2) is 0 Å². The van der Waals surface area contributed by atoms with E-state index in [2.05, 4.69) is 69.2 Å². The Morgan fingerprint density at radius 1 is 0.452 bits per heavy atom. The van der Waals surface area contributed by atoms with Gasteiger partial charge in [0.2, 0.25) is 0 Å². The lowest BCUT2D eigenvalue weighted by molar-refractivity contribution is -0.148. The number of rotatable bonds is 12. The first kappa shape index (κ1) is 49.7. The molecule has 8 saturated carbocycles. The predicted octanol–water partition coefficient (Wildman–Crippen LogP) is 14.7. The van der Waals surface area contributed by atoms with Crippen LogP contribution in [0, 0.1) is 92.7 Å². The van der Waals surface area contributed by atoms with Crippen molar-refractivity contribution in [2.75, 3.05) is 0 Å². The van der Waals surface area contributed by atoms with Crippen LogP contribution < -0.4 is 0 Å². The molecule has 0 aromatic rings. The van der Waals surface area contributed by atoms with Crippen LogP contribution in [0.1, 0.15) is 250 Å². The van der Waals surface area contributed by atoms with E-state index in [-0.39, 0.29) is 0 Å². The van der Waals surface area contributed by atoms with Gasteiger partial charge in [-0.3, -0.25) is 0 Å². The maximum atomic E-state index is 10.7. The molecule has 0 aliphatic heterocycles. The second-order valence-corrected chi connectivity index (χ2v) is 27.7. The van der Waals surface area contributed by atoms with Crippen molar-refractivity contribution in [2.24, 2.45) is 92.7 Å². The Hall–Kier alpha value is -0.160. The van der Waals surface area contributed by atoms with E-state index < -0.39 is 22.4 Å². The molecule has 62 heavy (non-hydrogen) atoms. The second kappa shape index (κ2) is 18.1. The average Bonchev–Trinajstić information content (AvgIpc) is 3.74. The third-order valence-corrected chi connectivity index (χ3v) is 23.3.